The van der Waals surface area contributed by atoms with E-state index >= 15 is 0 Å². The SMILES string of the molecule is CN(C)C(=O)CCNc1nc(Nc2ccc(Cl)cc2)ncc1[N+](=O)[O-]. The first-order valence-electron chi connectivity index (χ1n) is 7.35. The summed E-state index contributed by atoms with van der Waals surface area (Å²) in [6.07, 6.45) is 1.30. The molecule has 1 aromatic heterocycles. The van der Waals surface area contributed by atoms with Crippen molar-refractivity contribution in [3.63, 3.8) is 0 Å². The molecule has 0 radical (unpaired) electrons. The zero-order chi connectivity index (χ0) is 18.4. The fraction of sp³-hybridized carbons (Fsp3) is 0.267. The van der Waals surface area contributed by atoms with Crippen LogP contribution >= 0.6 is 11.6 Å². The second-order valence-corrected chi connectivity index (χ2v) is 5.72. The molecule has 0 atom stereocenters. The Morgan fingerprint density at radius 2 is 2.00 bits per heavy atom. The lowest BCUT2D eigenvalue weighted by Crippen LogP contribution is -2.24. The van der Waals surface area contributed by atoms with Gasteiger partial charge in [-0.2, -0.15) is 4.98 Å². The van der Waals surface area contributed by atoms with Gasteiger partial charge in [0.2, 0.25) is 17.7 Å². The number of aromatic nitrogens is 2. The van der Waals surface area contributed by atoms with E-state index in [-0.39, 0.29) is 36.3 Å². The van der Waals surface area contributed by atoms with Crippen LogP contribution in [0.25, 0.3) is 0 Å². The third-order valence-corrected chi connectivity index (χ3v) is 3.45. The first-order valence-corrected chi connectivity index (χ1v) is 7.72. The van der Waals surface area contributed by atoms with E-state index in [1.165, 1.54) is 4.90 Å². The second kappa shape index (κ2) is 8.25. The number of amides is 1. The van der Waals surface area contributed by atoms with Gasteiger partial charge in [0.1, 0.15) is 6.20 Å². The number of nitrogens with zero attached hydrogens (tertiary/aromatic N) is 4. The third kappa shape index (κ3) is 5.28. The predicted octanol–water partition coefficient (Wildman–Crippen LogP) is 2.67. The molecule has 0 saturated carbocycles. The quantitative estimate of drug-likeness (QED) is 0.573. The lowest BCUT2D eigenvalue weighted by atomic mass is 10.3. The van der Waals surface area contributed by atoms with Gasteiger partial charge in [-0.3, -0.25) is 14.9 Å². The first kappa shape index (κ1) is 18.4. The van der Waals surface area contributed by atoms with Crippen molar-refractivity contribution in [1.82, 2.24) is 14.9 Å². The van der Waals surface area contributed by atoms with Gasteiger partial charge in [-0.1, -0.05) is 11.6 Å². The lowest BCUT2D eigenvalue weighted by molar-refractivity contribution is -0.384. The molecule has 0 aliphatic carbocycles. The normalized spacial score (nSPS) is 10.2. The summed E-state index contributed by atoms with van der Waals surface area (Å²) in [5.41, 5.74) is 0.422. The molecule has 0 unspecified atom stereocenters. The second-order valence-electron chi connectivity index (χ2n) is 5.28. The lowest BCUT2D eigenvalue weighted by Gasteiger charge is -2.11. The van der Waals surface area contributed by atoms with Crippen molar-refractivity contribution < 1.29 is 9.72 Å². The highest BCUT2D eigenvalue weighted by molar-refractivity contribution is 6.30. The Hall–Kier alpha value is -2.94. The minimum absolute atomic E-state index is 0.0445. The van der Waals surface area contributed by atoms with Crippen molar-refractivity contribution >= 4 is 40.6 Å². The highest BCUT2D eigenvalue weighted by Crippen LogP contribution is 2.24. The zero-order valence-electron chi connectivity index (χ0n) is 13.7. The highest BCUT2D eigenvalue weighted by Gasteiger charge is 2.17. The van der Waals surface area contributed by atoms with Gasteiger partial charge in [0, 0.05) is 37.8 Å². The predicted molar refractivity (Wildman–Crippen MR) is 95.2 cm³/mol. The maximum Gasteiger partial charge on any atom is 0.329 e. The molecule has 0 aliphatic rings. The van der Waals surface area contributed by atoms with Crippen LogP contribution in [-0.2, 0) is 4.79 Å². The van der Waals surface area contributed by atoms with E-state index in [1.54, 1.807) is 38.4 Å². The topological polar surface area (TPSA) is 113 Å². The average Bonchev–Trinajstić information content (AvgIpc) is 2.56. The molecule has 2 N–H and O–H groups in total. The molecule has 9 nitrogen and oxygen atoms in total. The van der Waals surface area contributed by atoms with E-state index in [0.717, 1.165) is 6.20 Å². The van der Waals surface area contributed by atoms with Gasteiger partial charge >= 0.3 is 5.69 Å². The van der Waals surface area contributed by atoms with Gasteiger partial charge < -0.3 is 15.5 Å². The van der Waals surface area contributed by atoms with Gasteiger partial charge in [0.05, 0.1) is 4.92 Å². The average molecular weight is 365 g/mol. The molecular formula is C15H17ClN6O3. The minimum atomic E-state index is -0.581. The minimum Gasteiger partial charge on any atom is -0.364 e. The molecule has 0 saturated heterocycles. The Morgan fingerprint density at radius 1 is 1.32 bits per heavy atom. The van der Waals surface area contributed by atoms with Crippen LogP contribution in [0.3, 0.4) is 0 Å². The molecule has 1 heterocycles. The summed E-state index contributed by atoms with van der Waals surface area (Å²) >= 11 is 5.83. The molecule has 0 spiro atoms. The molecule has 25 heavy (non-hydrogen) atoms. The number of rotatable bonds is 7. The molecule has 2 rings (SSSR count). The van der Waals surface area contributed by atoms with Crippen LogP contribution in [0.2, 0.25) is 5.02 Å². The Bertz CT molecular complexity index is 766. The Balaban J connectivity index is 2.13. The largest absolute Gasteiger partial charge is 0.364 e. The van der Waals surface area contributed by atoms with E-state index in [4.69, 9.17) is 11.6 Å². The number of benzene rings is 1. The van der Waals surface area contributed by atoms with Crippen LogP contribution in [0.1, 0.15) is 6.42 Å². The van der Waals surface area contributed by atoms with Gasteiger partial charge in [-0.25, -0.2) is 4.98 Å². The molecule has 0 aliphatic heterocycles. The zero-order valence-corrected chi connectivity index (χ0v) is 14.4. The van der Waals surface area contributed by atoms with Gasteiger partial charge in [0.25, 0.3) is 0 Å². The van der Waals surface area contributed by atoms with Crippen LogP contribution in [0, 0.1) is 10.1 Å². The van der Waals surface area contributed by atoms with Crippen LogP contribution in [0.4, 0.5) is 23.1 Å². The first-order chi connectivity index (χ1) is 11.9. The fourth-order valence-corrected chi connectivity index (χ4v) is 2.00. The van der Waals surface area contributed by atoms with Crippen LogP contribution in [0.5, 0.6) is 0 Å². The molecule has 1 amide bonds. The van der Waals surface area contributed by atoms with Crippen molar-refractivity contribution in [2.75, 3.05) is 31.3 Å². The maximum absolute atomic E-state index is 11.6. The summed E-state index contributed by atoms with van der Waals surface area (Å²) in [6, 6.07) is 6.86. The maximum atomic E-state index is 11.6. The number of halogens is 1. The molecule has 10 heteroatoms. The van der Waals surface area contributed by atoms with E-state index < -0.39 is 4.92 Å². The van der Waals surface area contributed by atoms with Gasteiger partial charge in [-0.15, -0.1) is 0 Å². The number of carbonyl (C=O) groups is 1. The molecule has 2 aromatic rings. The van der Waals surface area contributed by atoms with E-state index in [2.05, 4.69) is 20.6 Å². The molecule has 0 fully saturated rings. The van der Waals surface area contributed by atoms with Crippen LogP contribution in [0.15, 0.2) is 30.5 Å². The van der Waals surface area contributed by atoms with E-state index in [9.17, 15) is 14.9 Å². The Kier molecular flexibility index (Phi) is 6.07. The van der Waals surface area contributed by atoms with Crippen LogP contribution < -0.4 is 10.6 Å². The summed E-state index contributed by atoms with van der Waals surface area (Å²) < 4.78 is 0. The van der Waals surface area contributed by atoms with Gasteiger partial charge in [0.15, 0.2) is 0 Å². The van der Waals surface area contributed by atoms with Crippen molar-refractivity contribution in [2.24, 2.45) is 0 Å². The summed E-state index contributed by atoms with van der Waals surface area (Å²) in [4.78, 5) is 31.6. The number of anilines is 3. The van der Waals surface area contributed by atoms with Crippen molar-refractivity contribution in [1.29, 1.82) is 0 Å². The summed E-state index contributed by atoms with van der Waals surface area (Å²) in [7, 11) is 3.28. The summed E-state index contributed by atoms with van der Waals surface area (Å²) in [5.74, 6) is 0.140. The number of carbonyl (C=O) groups excluding carboxylic acids is 1. The van der Waals surface area contributed by atoms with Crippen molar-refractivity contribution in [2.45, 2.75) is 6.42 Å². The van der Waals surface area contributed by atoms with Gasteiger partial charge in [-0.05, 0) is 24.3 Å². The monoisotopic (exact) mass is 364 g/mol. The highest BCUT2D eigenvalue weighted by atomic mass is 35.5. The number of nitro groups is 1. The standard InChI is InChI=1S/C15H17ClN6O3/c1-21(2)13(23)7-8-17-14-12(22(24)25)9-18-15(20-14)19-11-5-3-10(16)4-6-11/h3-6,9H,7-8H2,1-2H3,(H2,17,18,19,20). The summed E-state index contributed by atoms with van der Waals surface area (Å²) in [6.45, 7) is 0.218. The number of nitrogens with one attached hydrogen (secondary N) is 2. The molecule has 132 valence electrons. The number of hydrogen-bond donors (Lipinski definition) is 2. The summed E-state index contributed by atoms with van der Waals surface area (Å²) in [5, 5.41) is 17.4. The smallest absolute Gasteiger partial charge is 0.329 e. The third-order valence-electron chi connectivity index (χ3n) is 3.20. The fourth-order valence-electron chi connectivity index (χ4n) is 1.87. The van der Waals surface area contributed by atoms with E-state index in [0.29, 0.717) is 10.7 Å². The molecule has 1 aromatic carbocycles. The van der Waals surface area contributed by atoms with Crippen LogP contribution in [-0.4, -0.2) is 46.3 Å². The van der Waals surface area contributed by atoms with Crippen molar-refractivity contribution in [3.05, 3.63) is 45.6 Å². The Labute approximate surface area is 149 Å². The molecular weight excluding hydrogens is 348 g/mol. The molecule has 0 bridgehead atoms. The number of hydrogen-bond acceptors (Lipinski definition) is 7. The van der Waals surface area contributed by atoms with Crippen molar-refractivity contribution in [3.8, 4) is 0 Å². The Morgan fingerprint density at radius 3 is 2.60 bits per heavy atom. The van der Waals surface area contributed by atoms with E-state index in [1.807, 2.05) is 0 Å².